The smallest absolute Gasteiger partial charge is 0.251 e. The van der Waals surface area contributed by atoms with Crippen LogP contribution < -0.4 is 16.0 Å². The standard InChI is InChI=1S/C18H27N3O2.ClH/c1-18(2,3)21-17(23)14-5-4-6-15(11-14)20-16(22)8-7-13-9-10-19-12-13;/h4-6,11,13,19H,7-10,12H2,1-3H3,(H,20,22)(H,21,23);1H. The summed E-state index contributed by atoms with van der Waals surface area (Å²) >= 11 is 0. The van der Waals surface area contributed by atoms with Crippen LogP contribution in [-0.2, 0) is 4.79 Å². The van der Waals surface area contributed by atoms with Crippen LogP contribution >= 0.6 is 12.4 Å². The lowest BCUT2D eigenvalue weighted by Crippen LogP contribution is -2.40. The Labute approximate surface area is 150 Å². The molecule has 1 atom stereocenters. The van der Waals surface area contributed by atoms with E-state index in [2.05, 4.69) is 16.0 Å². The van der Waals surface area contributed by atoms with Crippen molar-refractivity contribution in [2.24, 2.45) is 5.92 Å². The Bertz CT molecular complexity index is 564. The molecule has 6 heteroatoms. The molecule has 134 valence electrons. The Kier molecular flexibility index (Phi) is 7.70. The van der Waals surface area contributed by atoms with Crippen molar-refractivity contribution in [2.45, 2.75) is 45.6 Å². The van der Waals surface area contributed by atoms with Crippen molar-refractivity contribution >= 4 is 29.9 Å². The summed E-state index contributed by atoms with van der Waals surface area (Å²) in [6.45, 7) is 7.88. The molecule has 1 saturated heterocycles. The van der Waals surface area contributed by atoms with Gasteiger partial charge in [0.25, 0.3) is 5.91 Å². The van der Waals surface area contributed by atoms with Crippen molar-refractivity contribution in [2.75, 3.05) is 18.4 Å². The number of halogens is 1. The molecule has 0 aromatic heterocycles. The Morgan fingerprint density at radius 3 is 2.67 bits per heavy atom. The zero-order chi connectivity index (χ0) is 16.9. The van der Waals surface area contributed by atoms with Gasteiger partial charge in [0, 0.05) is 23.2 Å². The van der Waals surface area contributed by atoms with Crippen LogP contribution in [0.1, 0.15) is 50.4 Å². The maximum atomic E-state index is 12.2. The minimum absolute atomic E-state index is 0. The van der Waals surface area contributed by atoms with Crippen molar-refractivity contribution in [3.63, 3.8) is 0 Å². The van der Waals surface area contributed by atoms with Gasteiger partial charge in [0.1, 0.15) is 0 Å². The third kappa shape index (κ3) is 6.89. The van der Waals surface area contributed by atoms with Crippen molar-refractivity contribution in [3.8, 4) is 0 Å². The summed E-state index contributed by atoms with van der Waals surface area (Å²) in [6.07, 6.45) is 2.57. The second kappa shape index (κ2) is 9.04. The van der Waals surface area contributed by atoms with Crippen LogP contribution in [0.25, 0.3) is 0 Å². The monoisotopic (exact) mass is 353 g/mol. The Hall–Kier alpha value is -1.59. The first-order valence-electron chi connectivity index (χ1n) is 8.27. The van der Waals surface area contributed by atoms with Gasteiger partial charge in [0.05, 0.1) is 0 Å². The van der Waals surface area contributed by atoms with Crippen LogP contribution in [0.4, 0.5) is 5.69 Å². The molecule has 0 saturated carbocycles. The van der Waals surface area contributed by atoms with Crippen LogP contribution in [0.2, 0.25) is 0 Å². The molecule has 2 amide bonds. The predicted molar refractivity (Wildman–Crippen MR) is 99.7 cm³/mol. The molecular weight excluding hydrogens is 326 g/mol. The number of anilines is 1. The van der Waals surface area contributed by atoms with Crippen LogP contribution in [0.5, 0.6) is 0 Å². The average Bonchev–Trinajstić information content (AvgIpc) is 2.97. The van der Waals surface area contributed by atoms with E-state index in [9.17, 15) is 9.59 Å². The lowest BCUT2D eigenvalue weighted by atomic mass is 10.0. The van der Waals surface area contributed by atoms with E-state index in [-0.39, 0.29) is 29.8 Å². The number of benzene rings is 1. The van der Waals surface area contributed by atoms with Gasteiger partial charge < -0.3 is 16.0 Å². The molecule has 0 radical (unpaired) electrons. The molecule has 1 heterocycles. The van der Waals surface area contributed by atoms with Gasteiger partial charge in [-0.15, -0.1) is 12.4 Å². The molecule has 1 aromatic carbocycles. The minimum atomic E-state index is -0.286. The van der Waals surface area contributed by atoms with E-state index in [1.54, 1.807) is 18.2 Å². The SMILES string of the molecule is CC(C)(C)NC(=O)c1cccc(NC(=O)CCC2CCNC2)c1.Cl. The number of nitrogens with one attached hydrogen (secondary N) is 3. The normalized spacial score (nSPS) is 17.0. The Balaban J connectivity index is 0.00000288. The lowest BCUT2D eigenvalue weighted by Gasteiger charge is -2.20. The molecular formula is C18H28ClN3O2. The summed E-state index contributed by atoms with van der Waals surface area (Å²) in [5.41, 5.74) is 0.935. The molecule has 1 aliphatic rings. The number of amides is 2. The highest BCUT2D eigenvalue weighted by Gasteiger charge is 2.17. The molecule has 3 N–H and O–H groups in total. The maximum Gasteiger partial charge on any atom is 0.251 e. The molecule has 1 aromatic rings. The zero-order valence-electron chi connectivity index (χ0n) is 14.6. The Morgan fingerprint density at radius 1 is 1.29 bits per heavy atom. The summed E-state index contributed by atoms with van der Waals surface area (Å²) in [5, 5.41) is 9.11. The number of hydrogen-bond donors (Lipinski definition) is 3. The van der Waals surface area contributed by atoms with Gasteiger partial charge in [0.2, 0.25) is 5.91 Å². The number of carbonyl (C=O) groups excluding carboxylic acids is 2. The van der Waals surface area contributed by atoms with Crippen molar-refractivity contribution < 1.29 is 9.59 Å². The highest BCUT2D eigenvalue weighted by Crippen LogP contribution is 2.16. The molecule has 1 unspecified atom stereocenters. The molecule has 5 nitrogen and oxygen atoms in total. The van der Waals surface area contributed by atoms with Gasteiger partial charge in [-0.05, 0) is 70.8 Å². The number of carbonyl (C=O) groups is 2. The van der Waals surface area contributed by atoms with E-state index in [0.717, 1.165) is 25.9 Å². The second-order valence-corrected chi connectivity index (χ2v) is 7.23. The second-order valence-electron chi connectivity index (χ2n) is 7.23. The highest BCUT2D eigenvalue weighted by molar-refractivity contribution is 5.97. The first-order chi connectivity index (χ1) is 10.8. The van der Waals surface area contributed by atoms with E-state index < -0.39 is 0 Å². The van der Waals surface area contributed by atoms with E-state index in [1.165, 1.54) is 0 Å². The Morgan fingerprint density at radius 2 is 2.04 bits per heavy atom. The van der Waals surface area contributed by atoms with Gasteiger partial charge in [-0.2, -0.15) is 0 Å². The largest absolute Gasteiger partial charge is 0.347 e. The fourth-order valence-electron chi connectivity index (χ4n) is 2.67. The highest BCUT2D eigenvalue weighted by atomic mass is 35.5. The van der Waals surface area contributed by atoms with Gasteiger partial charge in [-0.3, -0.25) is 9.59 Å². The van der Waals surface area contributed by atoms with Gasteiger partial charge in [-0.25, -0.2) is 0 Å². The van der Waals surface area contributed by atoms with E-state index in [0.29, 0.717) is 23.6 Å². The maximum absolute atomic E-state index is 12.2. The zero-order valence-corrected chi connectivity index (χ0v) is 15.5. The lowest BCUT2D eigenvalue weighted by molar-refractivity contribution is -0.116. The van der Waals surface area contributed by atoms with E-state index >= 15 is 0 Å². The quantitative estimate of drug-likeness (QED) is 0.762. The average molecular weight is 354 g/mol. The van der Waals surface area contributed by atoms with Gasteiger partial charge >= 0.3 is 0 Å². The van der Waals surface area contributed by atoms with Crippen LogP contribution in [-0.4, -0.2) is 30.4 Å². The minimum Gasteiger partial charge on any atom is -0.347 e. The van der Waals surface area contributed by atoms with Crippen molar-refractivity contribution in [3.05, 3.63) is 29.8 Å². The van der Waals surface area contributed by atoms with Crippen LogP contribution in [0.3, 0.4) is 0 Å². The van der Waals surface area contributed by atoms with Gasteiger partial charge in [-0.1, -0.05) is 6.07 Å². The predicted octanol–water partition coefficient (Wildman–Crippen LogP) is 2.96. The molecule has 24 heavy (non-hydrogen) atoms. The first-order valence-corrected chi connectivity index (χ1v) is 8.27. The molecule has 1 fully saturated rings. The fraction of sp³-hybridized carbons (Fsp3) is 0.556. The summed E-state index contributed by atoms with van der Waals surface area (Å²) < 4.78 is 0. The topological polar surface area (TPSA) is 70.2 Å². The number of rotatable bonds is 5. The van der Waals surface area contributed by atoms with Crippen LogP contribution in [0.15, 0.2) is 24.3 Å². The van der Waals surface area contributed by atoms with E-state index in [4.69, 9.17) is 0 Å². The summed E-state index contributed by atoms with van der Waals surface area (Å²) in [5.74, 6) is 0.473. The van der Waals surface area contributed by atoms with Crippen LogP contribution in [0, 0.1) is 5.92 Å². The summed E-state index contributed by atoms with van der Waals surface area (Å²) in [7, 11) is 0. The molecule has 1 aliphatic heterocycles. The van der Waals surface area contributed by atoms with Crippen molar-refractivity contribution in [1.29, 1.82) is 0 Å². The third-order valence-corrected chi connectivity index (χ3v) is 3.84. The first kappa shape index (κ1) is 20.5. The van der Waals surface area contributed by atoms with Gasteiger partial charge in [0.15, 0.2) is 0 Å². The fourth-order valence-corrected chi connectivity index (χ4v) is 2.67. The third-order valence-electron chi connectivity index (χ3n) is 3.84. The number of hydrogen-bond acceptors (Lipinski definition) is 3. The van der Waals surface area contributed by atoms with Crippen molar-refractivity contribution in [1.82, 2.24) is 10.6 Å². The molecule has 0 spiro atoms. The summed E-state index contributed by atoms with van der Waals surface area (Å²) in [4.78, 5) is 24.2. The van der Waals surface area contributed by atoms with E-state index in [1.807, 2.05) is 26.8 Å². The summed E-state index contributed by atoms with van der Waals surface area (Å²) in [6, 6.07) is 7.06. The molecule has 0 bridgehead atoms. The molecule has 2 rings (SSSR count). The molecule has 0 aliphatic carbocycles.